The van der Waals surface area contributed by atoms with Crippen molar-refractivity contribution in [3.63, 3.8) is 0 Å². The van der Waals surface area contributed by atoms with Crippen molar-refractivity contribution in [1.29, 1.82) is 0 Å². The molecule has 0 spiro atoms. The molecule has 2 rings (SSSR count). The van der Waals surface area contributed by atoms with Gasteiger partial charge in [-0.05, 0) is 32.4 Å². The van der Waals surface area contributed by atoms with E-state index >= 15 is 0 Å². The fourth-order valence-electron chi connectivity index (χ4n) is 3.16. The Hall–Kier alpha value is -2.27. The molecule has 1 aromatic rings. The Morgan fingerprint density at radius 3 is 1.96 bits per heavy atom. The number of carboxylic acid groups (broad SMARTS) is 2. The Labute approximate surface area is 139 Å². The van der Waals surface area contributed by atoms with Crippen LogP contribution in [0.2, 0.25) is 5.02 Å². The molecule has 0 saturated carbocycles. The third-order valence-corrected chi connectivity index (χ3v) is 4.50. The fraction of sp³-hybridized carbons (Fsp3) is 0.294. The van der Waals surface area contributed by atoms with Crippen LogP contribution < -0.4 is 0 Å². The van der Waals surface area contributed by atoms with Gasteiger partial charge in [-0.2, -0.15) is 0 Å². The first-order chi connectivity index (χ1) is 10.8. The van der Waals surface area contributed by atoms with Gasteiger partial charge < -0.3 is 15.1 Å². The molecule has 0 unspecified atom stereocenters. The van der Waals surface area contributed by atoms with Crippen molar-refractivity contribution in [3.05, 3.63) is 57.4 Å². The van der Waals surface area contributed by atoms with Crippen molar-refractivity contribution >= 4 is 23.5 Å². The van der Waals surface area contributed by atoms with Crippen molar-refractivity contribution in [3.8, 4) is 0 Å². The normalized spacial score (nSPS) is 16.1. The first kappa shape index (κ1) is 17.1. The number of aliphatic carboxylic acids is 2. The third kappa shape index (κ3) is 2.84. The van der Waals surface area contributed by atoms with Crippen molar-refractivity contribution in [2.24, 2.45) is 0 Å². The standard InChI is InChI=1S/C17H18ClNO4/c1-4-19-9(2)13(16(20)21)15(14(10(19)3)17(22)23)11-7-5-6-8-12(11)18/h5-8,15H,4H2,1-3H3,(H,20,21)(H,22,23). The molecule has 1 aromatic carbocycles. The van der Waals surface area contributed by atoms with Gasteiger partial charge in [-0.1, -0.05) is 29.8 Å². The number of carboxylic acids is 2. The van der Waals surface area contributed by atoms with Gasteiger partial charge in [-0.15, -0.1) is 0 Å². The smallest absolute Gasteiger partial charge is 0.334 e. The van der Waals surface area contributed by atoms with Crippen molar-refractivity contribution in [2.75, 3.05) is 6.54 Å². The minimum absolute atomic E-state index is 0.0444. The summed E-state index contributed by atoms with van der Waals surface area (Å²) >= 11 is 6.22. The lowest BCUT2D eigenvalue weighted by atomic mass is 9.79. The van der Waals surface area contributed by atoms with Gasteiger partial charge in [0.1, 0.15) is 0 Å². The van der Waals surface area contributed by atoms with Crippen LogP contribution in [-0.4, -0.2) is 33.6 Å². The van der Waals surface area contributed by atoms with Crippen LogP contribution in [0.5, 0.6) is 0 Å². The van der Waals surface area contributed by atoms with E-state index in [0.717, 1.165) is 0 Å². The highest BCUT2D eigenvalue weighted by Gasteiger charge is 2.39. The topological polar surface area (TPSA) is 77.8 Å². The molecule has 0 saturated heterocycles. The van der Waals surface area contributed by atoms with Crippen molar-refractivity contribution in [1.82, 2.24) is 4.90 Å². The van der Waals surface area contributed by atoms with Crippen LogP contribution in [0.4, 0.5) is 0 Å². The van der Waals surface area contributed by atoms with Crippen LogP contribution in [0, 0.1) is 0 Å². The second-order valence-corrected chi connectivity index (χ2v) is 5.71. The minimum Gasteiger partial charge on any atom is -0.478 e. The monoisotopic (exact) mass is 335 g/mol. The molecule has 0 bridgehead atoms. The Bertz CT molecular complexity index is 698. The van der Waals surface area contributed by atoms with Gasteiger partial charge in [0.2, 0.25) is 0 Å². The summed E-state index contributed by atoms with van der Waals surface area (Å²) in [6.07, 6.45) is 0. The molecule has 0 radical (unpaired) electrons. The van der Waals surface area contributed by atoms with Crippen molar-refractivity contribution in [2.45, 2.75) is 26.7 Å². The first-order valence-electron chi connectivity index (χ1n) is 7.21. The van der Waals surface area contributed by atoms with Gasteiger partial charge >= 0.3 is 11.9 Å². The van der Waals surface area contributed by atoms with E-state index in [2.05, 4.69) is 0 Å². The van der Waals surface area contributed by atoms with Gasteiger partial charge in [0.15, 0.2) is 0 Å². The maximum atomic E-state index is 11.9. The number of carbonyl (C=O) groups is 2. The molecule has 122 valence electrons. The second-order valence-electron chi connectivity index (χ2n) is 5.31. The van der Waals surface area contributed by atoms with Gasteiger partial charge in [-0.25, -0.2) is 9.59 Å². The van der Waals surface area contributed by atoms with Crippen LogP contribution in [0.15, 0.2) is 46.8 Å². The van der Waals surface area contributed by atoms with Crippen molar-refractivity contribution < 1.29 is 19.8 Å². The SMILES string of the molecule is CCN1C(C)=C(C(=O)O)C(c2ccccc2Cl)C(C(=O)O)=C1C. The highest BCUT2D eigenvalue weighted by molar-refractivity contribution is 6.31. The van der Waals surface area contributed by atoms with E-state index in [-0.39, 0.29) is 11.1 Å². The van der Waals surface area contributed by atoms with Crippen LogP contribution in [0.25, 0.3) is 0 Å². The molecule has 1 aliphatic heterocycles. The van der Waals surface area contributed by atoms with Gasteiger partial charge in [0.25, 0.3) is 0 Å². The van der Waals surface area contributed by atoms with Gasteiger partial charge in [0.05, 0.1) is 17.1 Å². The Balaban J connectivity index is 2.82. The zero-order chi connectivity index (χ0) is 17.3. The predicted octanol–water partition coefficient (Wildman–Crippen LogP) is 3.48. The zero-order valence-corrected chi connectivity index (χ0v) is 13.9. The maximum Gasteiger partial charge on any atom is 0.334 e. The highest BCUT2D eigenvalue weighted by Crippen LogP contribution is 2.43. The third-order valence-electron chi connectivity index (χ3n) is 4.16. The lowest BCUT2D eigenvalue weighted by Gasteiger charge is -2.36. The van der Waals surface area contributed by atoms with E-state index in [1.807, 2.05) is 6.92 Å². The molecule has 0 amide bonds. The summed E-state index contributed by atoms with van der Waals surface area (Å²) in [5.74, 6) is -3.18. The number of hydrogen-bond donors (Lipinski definition) is 2. The summed E-state index contributed by atoms with van der Waals surface area (Å²) in [5, 5.41) is 19.7. The molecule has 1 aliphatic rings. The molecule has 1 heterocycles. The number of allylic oxidation sites excluding steroid dienone is 2. The molecule has 2 N–H and O–H groups in total. The second kappa shape index (κ2) is 6.46. The predicted molar refractivity (Wildman–Crippen MR) is 87.2 cm³/mol. The number of rotatable bonds is 4. The van der Waals surface area contributed by atoms with Crippen LogP contribution in [-0.2, 0) is 9.59 Å². The molecule has 6 heteroatoms. The molecule has 5 nitrogen and oxygen atoms in total. The Kier molecular flexibility index (Phi) is 4.80. The summed E-state index contributed by atoms with van der Waals surface area (Å²) < 4.78 is 0. The molecule has 23 heavy (non-hydrogen) atoms. The van der Waals surface area contributed by atoms with E-state index in [4.69, 9.17) is 11.6 Å². The number of hydrogen-bond acceptors (Lipinski definition) is 3. The van der Waals surface area contributed by atoms with E-state index in [1.54, 1.807) is 43.0 Å². The van der Waals surface area contributed by atoms with E-state index in [0.29, 0.717) is 28.5 Å². The van der Waals surface area contributed by atoms with Crippen LogP contribution >= 0.6 is 11.6 Å². The molecule has 0 aliphatic carbocycles. The number of halogens is 1. The lowest BCUT2D eigenvalue weighted by molar-refractivity contribution is -0.133. The quantitative estimate of drug-likeness (QED) is 0.880. The minimum atomic E-state index is -1.14. The van der Waals surface area contributed by atoms with Gasteiger partial charge in [0, 0.05) is 23.0 Å². The summed E-state index contributed by atoms with van der Waals surface area (Å²) in [4.78, 5) is 25.4. The van der Waals surface area contributed by atoms with Gasteiger partial charge in [-0.3, -0.25) is 0 Å². The molecule has 0 fully saturated rings. The fourth-order valence-corrected chi connectivity index (χ4v) is 3.40. The Morgan fingerprint density at radius 1 is 1.09 bits per heavy atom. The van der Waals surface area contributed by atoms with E-state index in [9.17, 15) is 19.8 Å². The lowest BCUT2D eigenvalue weighted by Crippen LogP contribution is -2.34. The Morgan fingerprint density at radius 2 is 1.57 bits per heavy atom. The first-order valence-corrected chi connectivity index (χ1v) is 7.59. The maximum absolute atomic E-state index is 11.9. The number of benzene rings is 1. The van der Waals surface area contributed by atoms with Crippen LogP contribution in [0.3, 0.4) is 0 Å². The number of nitrogens with zero attached hydrogens (tertiary/aromatic N) is 1. The molecular weight excluding hydrogens is 318 g/mol. The molecule has 0 atom stereocenters. The van der Waals surface area contributed by atoms with E-state index < -0.39 is 17.9 Å². The summed E-state index contributed by atoms with van der Waals surface area (Å²) in [7, 11) is 0. The van der Waals surface area contributed by atoms with E-state index in [1.165, 1.54) is 0 Å². The average Bonchev–Trinajstić information content (AvgIpc) is 2.46. The largest absolute Gasteiger partial charge is 0.478 e. The zero-order valence-electron chi connectivity index (χ0n) is 13.1. The summed E-state index contributed by atoms with van der Waals surface area (Å²) in [6, 6.07) is 6.74. The molecule has 0 aromatic heterocycles. The summed E-state index contributed by atoms with van der Waals surface area (Å²) in [6.45, 7) is 5.72. The average molecular weight is 336 g/mol. The van der Waals surface area contributed by atoms with Crippen LogP contribution in [0.1, 0.15) is 32.3 Å². The molecular formula is C17H18ClNO4. The summed E-state index contributed by atoms with van der Waals surface area (Å²) in [5.41, 5.74) is 1.64. The highest BCUT2D eigenvalue weighted by atomic mass is 35.5.